The number of aromatic nitrogens is 1. The summed E-state index contributed by atoms with van der Waals surface area (Å²) in [6, 6.07) is 4.30. The van der Waals surface area contributed by atoms with Gasteiger partial charge in [-0.25, -0.2) is 0 Å². The number of rotatable bonds is 2. The van der Waals surface area contributed by atoms with Crippen LogP contribution in [0.25, 0.3) is 0 Å². The van der Waals surface area contributed by atoms with Gasteiger partial charge in [0.25, 0.3) is 0 Å². The lowest BCUT2D eigenvalue weighted by Gasteiger charge is -2.07. The van der Waals surface area contributed by atoms with Gasteiger partial charge in [0.2, 0.25) is 0 Å². The van der Waals surface area contributed by atoms with Crippen LogP contribution in [0.2, 0.25) is 0 Å². The summed E-state index contributed by atoms with van der Waals surface area (Å²) in [6.07, 6.45) is 3.22. The Labute approximate surface area is 66.8 Å². The summed E-state index contributed by atoms with van der Waals surface area (Å²) in [4.78, 5) is 3.15. The summed E-state index contributed by atoms with van der Waals surface area (Å²) in [5, 5.41) is 0. The van der Waals surface area contributed by atoms with Gasteiger partial charge in [-0.15, -0.1) is 0 Å². The molecule has 3 atom stereocenters. The van der Waals surface area contributed by atoms with Crippen LogP contribution in [0.3, 0.4) is 0 Å². The quantitative estimate of drug-likeness (QED) is 0.661. The fourth-order valence-electron chi connectivity index (χ4n) is 1.63. The highest BCUT2D eigenvalue weighted by molar-refractivity contribution is 5.12. The molecule has 2 nitrogen and oxygen atoms in total. The highest BCUT2D eigenvalue weighted by Crippen LogP contribution is 2.45. The first-order chi connectivity index (χ1) is 5.29. The van der Waals surface area contributed by atoms with E-state index in [-0.39, 0.29) is 6.04 Å². The van der Waals surface area contributed by atoms with Crippen molar-refractivity contribution >= 4 is 0 Å². The van der Waals surface area contributed by atoms with E-state index in [1.165, 1.54) is 12.1 Å². The van der Waals surface area contributed by atoms with Gasteiger partial charge in [0.15, 0.2) is 0 Å². The highest BCUT2D eigenvalue weighted by atomic mass is 14.8. The molecule has 1 saturated carbocycles. The zero-order valence-electron chi connectivity index (χ0n) is 6.75. The van der Waals surface area contributed by atoms with E-state index in [1.807, 2.05) is 12.3 Å². The third-order valence-electron chi connectivity index (χ3n) is 2.61. The summed E-state index contributed by atoms with van der Waals surface area (Å²) in [7, 11) is 0. The Bertz CT molecular complexity index is 228. The molecule has 3 unspecified atom stereocenters. The van der Waals surface area contributed by atoms with Crippen LogP contribution in [-0.4, -0.2) is 4.98 Å². The number of hydrogen-bond acceptors (Lipinski definition) is 1. The smallest absolute Gasteiger partial charge is 0.0479 e. The molecule has 1 heterocycles. The summed E-state index contributed by atoms with van der Waals surface area (Å²) in [5.41, 5.74) is 7.18. The van der Waals surface area contributed by atoms with Crippen LogP contribution in [0.4, 0.5) is 0 Å². The second-order valence-electron chi connectivity index (χ2n) is 3.53. The maximum Gasteiger partial charge on any atom is 0.0479 e. The fraction of sp³-hybridized carbons (Fsp3) is 0.556. The molecule has 1 fully saturated rings. The van der Waals surface area contributed by atoms with Crippen molar-refractivity contribution in [2.45, 2.75) is 19.4 Å². The highest BCUT2D eigenvalue weighted by Gasteiger charge is 2.38. The van der Waals surface area contributed by atoms with Gasteiger partial charge in [0.1, 0.15) is 0 Å². The molecule has 1 aromatic rings. The molecule has 0 aromatic carbocycles. The molecule has 2 rings (SSSR count). The van der Waals surface area contributed by atoms with Crippen molar-refractivity contribution in [3.05, 3.63) is 24.0 Å². The van der Waals surface area contributed by atoms with Crippen LogP contribution >= 0.6 is 0 Å². The first-order valence-electron chi connectivity index (χ1n) is 4.18. The first kappa shape index (κ1) is 6.92. The Kier molecular flexibility index (Phi) is 1.50. The standard InChI is InChI=1S/C9H14N2/c1-6-5-7(6)9(10)8-3-2-4-11-8/h2-4,6-7,9,11H,5,10H2,1H3. The first-order valence-corrected chi connectivity index (χ1v) is 4.18. The van der Waals surface area contributed by atoms with Crippen LogP contribution in [0, 0.1) is 11.8 Å². The molecule has 0 amide bonds. The van der Waals surface area contributed by atoms with Crippen molar-refractivity contribution in [3.8, 4) is 0 Å². The average molecular weight is 150 g/mol. The van der Waals surface area contributed by atoms with Crippen LogP contribution < -0.4 is 5.73 Å². The Morgan fingerprint density at radius 2 is 2.45 bits per heavy atom. The third kappa shape index (κ3) is 1.18. The second-order valence-corrected chi connectivity index (χ2v) is 3.53. The molecular formula is C9H14N2. The minimum atomic E-state index is 0.236. The molecule has 1 aromatic heterocycles. The monoisotopic (exact) mass is 150 g/mol. The SMILES string of the molecule is CC1CC1C(N)c1ccc[nH]1. The van der Waals surface area contributed by atoms with Gasteiger partial charge >= 0.3 is 0 Å². The molecule has 0 aliphatic heterocycles. The van der Waals surface area contributed by atoms with Gasteiger partial charge < -0.3 is 10.7 Å². The molecule has 11 heavy (non-hydrogen) atoms. The number of nitrogens with two attached hydrogens (primary N) is 1. The van der Waals surface area contributed by atoms with Gasteiger partial charge in [-0.1, -0.05) is 6.92 Å². The third-order valence-corrected chi connectivity index (χ3v) is 2.61. The predicted molar refractivity (Wildman–Crippen MR) is 45.0 cm³/mol. The fourth-order valence-corrected chi connectivity index (χ4v) is 1.63. The number of H-pyrrole nitrogens is 1. The lowest BCUT2D eigenvalue weighted by molar-refractivity contribution is 0.581. The second kappa shape index (κ2) is 2.38. The van der Waals surface area contributed by atoms with Gasteiger partial charge in [-0.3, -0.25) is 0 Å². The largest absolute Gasteiger partial charge is 0.364 e. The Balaban J connectivity index is 2.06. The Morgan fingerprint density at radius 3 is 2.91 bits per heavy atom. The van der Waals surface area contributed by atoms with E-state index in [1.54, 1.807) is 0 Å². The molecule has 0 radical (unpaired) electrons. The van der Waals surface area contributed by atoms with Crippen molar-refractivity contribution in [1.29, 1.82) is 0 Å². The minimum absolute atomic E-state index is 0.236. The maximum atomic E-state index is 6.00. The zero-order valence-corrected chi connectivity index (χ0v) is 6.75. The van der Waals surface area contributed by atoms with Gasteiger partial charge in [-0.05, 0) is 30.4 Å². The lowest BCUT2D eigenvalue weighted by Crippen LogP contribution is -2.13. The predicted octanol–water partition coefficient (Wildman–Crippen LogP) is 1.67. The van der Waals surface area contributed by atoms with Crippen LogP contribution in [0.15, 0.2) is 18.3 Å². The van der Waals surface area contributed by atoms with Gasteiger partial charge in [0.05, 0.1) is 0 Å². The molecular weight excluding hydrogens is 136 g/mol. The topological polar surface area (TPSA) is 41.8 Å². The van der Waals surface area contributed by atoms with Crippen molar-refractivity contribution < 1.29 is 0 Å². The normalized spacial score (nSPS) is 31.8. The molecule has 2 heteroatoms. The van der Waals surface area contributed by atoms with Crippen LogP contribution in [-0.2, 0) is 0 Å². The molecule has 1 aliphatic carbocycles. The number of aromatic amines is 1. The number of nitrogens with one attached hydrogen (secondary N) is 1. The van der Waals surface area contributed by atoms with E-state index < -0.39 is 0 Å². The molecule has 0 spiro atoms. The maximum absolute atomic E-state index is 6.00. The van der Waals surface area contributed by atoms with E-state index in [0.717, 1.165) is 5.92 Å². The molecule has 3 N–H and O–H groups in total. The molecule has 0 bridgehead atoms. The lowest BCUT2D eigenvalue weighted by atomic mass is 10.1. The van der Waals surface area contributed by atoms with E-state index in [0.29, 0.717) is 5.92 Å². The molecule has 0 saturated heterocycles. The summed E-state index contributed by atoms with van der Waals surface area (Å²) >= 11 is 0. The van der Waals surface area contributed by atoms with E-state index in [4.69, 9.17) is 5.73 Å². The van der Waals surface area contributed by atoms with Crippen molar-refractivity contribution in [2.24, 2.45) is 17.6 Å². The average Bonchev–Trinajstić information content (AvgIpc) is 2.56. The number of hydrogen-bond donors (Lipinski definition) is 2. The van der Waals surface area contributed by atoms with Gasteiger partial charge in [0, 0.05) is 17.9 Å². The Hall–Kier alpha value is -0.760. The van der Waals surface area contributed by atoms with E-state index in [9.17, 15) is 0 Å². The van der Waals surface area contributed by atoms with Crippen LogP contribution in [0.5, 0.6) is 0 Å². The van der Waals surface area contributed by atoms with Crippen molar-refractivity contribution in [3.63, 3.8) is 0 Å². The van der Waals surface area contributed by atoms with Crippen molar-refractivity contribution in [1.82, 2.24) is 4.98 Å². The Morgan fingerprint density at radius 1 is 1.73 bits per heavy atom. The van der Waals surface area contributed by atoms with Crippen LogP contribution in [0.1, 0.15) is 25.1 Å². The summed E-state index contributed by atoms with van der Waals surface area (Å²) < 4.78 is 0. The van der Waals surface area contributed by atoms with Gasteiger partial charge in [-0.2, -0.15) is 0 Å². The minimum Gasteiger partial charge on any atom is -0.364 e. The summed E-state index contributed by atoms with van der Waals surface area (Å²) in [6.45, 7) is 2.26. The van der Waals surface area contributed by atoms with E-state index in [2.05, 4.69) is 18.0 Å². The zero-order chi connectivity index (χ0) is 7.84. The van der Waals surface area contributed by atoms with E-state index >= 15 is 0 Å². The summed E-state index contributed by atoms with van der Waals surface area (Å²) in [5.74, 6) is 1.54. The molecule has 60 valence electrons. The van der Waals surface area contributed by atoms with Crippen molar-refractivity contribution in [2.75, 3.05) is 0 Å². The molecule has 1 aliphatic rings.